The van der Waals surface area contributed by atoms with Gasteiger partial charge in [0.1, 0.15) is 0 Å². The molecule has 0 aliphatic carbocycles. The van der Waals surface area contributed by atoms with Crippen molar-refractivity contribution in [3.05, 3.63) is 54.1 Å². The molecule has 0 aliphatic heterocycles. The van der Waals surface area contributed by atoms with Crippen molar-refractivity contribution in [2.75, 3.05) is 28.6 Å². The summed E-state index contributed by atoms with van der Waals surface area (Å²) in [7, 11) is 0. The van der Waals surface area contributed by atoms with Crippen LogP contribution in [0.1, 0.15) is 25.8 Å². The Bertz CT molecular complexity index is 743. The predicted octanol–water partition coefficient (Wildman–Crippen LogP) is 3.81. The maximum Gasteiger partial charge on any atom is 0.228 e. The fraction of sp³-hybridized carbons (Fsp3) is 0.300. The van der Waals surface area contributed by atoms with Crippen molar-refractivity contribution in [1.29, 1.82) is 0 Å². The number of hydrogen-bond acceptors (Lipinski definition) is 3. The smallest absolute Gasteiger partial charge is 0.228 e. The van der Waals surface area contributed by atoms with Gasteiger partial charge < -0.3 is 15.5 Å². The van der Waals surface area contributed by atoms with Crippen molar-refractivity contribution in [1.82, 2.24) is 0 Å². The Morgan fingerprint density at radius 3 is 2.44 bits per heavy atom. The quantitative estimate of drug-likeness (QED) is 0.806. The Kier molecular flexibility index (Phi) is 6.57. The van der Waals surface area contributed by atoms with Gasteiger partial charge in [0.25, 0.3) is 0 Å². The summed E-state index contributed by atoms with van der Waals surface area (Å²) in [6, 6.07) is 15.4. The summed E-state index contributed by atoms with van der Waals surface area (Å²) >= 11 is 0. The van der Waals surface area contributed by atoms with Crippen LogP contribution in [0.5, 0.6) is 0 Å². The zero-order valence-corrected chi connectivity index (χ0v) is 15.0. The molecular formula is C20H25N3O2. The molecule has 5 heteroatoms. The highest BCUT2D eigenvalue weighted by Gasteiger charge is 2.13. The minimum Gasteiger partial charge on any atom is -0.384 e. The molecule has 0 radical (unpaired) electrons. The van der Waals surface area contributed by atoms with Crippen LogP contribution in [0.15, 0.2) is 48.5 Å². The van der Waals surface area contributed by atoms with Gasteiger partial charge in [-0.15, -0.1) is 0 Å². The van der Waals surface area contributed by atoms with E-state index < -0.39 is 0 Å². The van der Waals surface area contributed by atoms with Gasteiger partial charge >= 0.3 is 0 Å². The lowest BCUT2D eigenvalue weighted by Crippen LogP contribution is -2.31. The maximum absolute atomic E-state index is 12.5. The molecule has 0 atom stereocenters. The van der Waals surface area contributed by atoms with E-state index in [1.54, 1.807) is 4.90 Å². The number of anilines is 3. The summed E-state index contributed by atoms with van der Waals surface area (Å²) in [5.74, 6) is -0.0253. The largest absolute Gasteiger partial charge is 0.384 e. The molecule has 2 aromatic rings. The van der Waals surface area contributed by atoms with E-state index in [1.807, 2.05) is 62.4 Å². The van der Waals surface area contributed by atoms with Crippen LogP contribution in [-0.2, 0) is 9.59 Å². The van der Waals surface area contributed by atoms with E-state index in [-0.39, 0.29) is 11.8 Å². The van der Waals surface area contributed by atoms with E-state index in [0.717, 1.165) is 22.6 Å². The Balaban J connectivity index is 1.92. The summed E-state index contributed by atoms with van der Waals surface area (Å²) in [4.78, 5) is 25.4. The Labute approximate surface area is 149 Å². The Morgan fingerprint density at radius 2 is 1.76 bits per heavy atom. The van der Waals surface area contributed by atoms with Crippen LogP contribution in [0.3, 0.4) is 0 Å². The topological polar surface area (TPSA) is 61.4 Å². The molecule has 0 saturated carbocycles. The number of carbonyl (C=O) groups excluding carboxylic acids is 2. The number of aryl methyl sites for hydroxylation is 1. The van der Waals surface area contributed by atoms with Crippen LogP contribution in [0.2, 0.25) is 0 Å². The summed E-state index contributed by atoms with van der Waals surface area (Å²) in [5.41, 5.74) is 3.67. The molecule has 2 rings (SSSR count). The molecule has 0 aliphatic rings. The van der Waals surface area contributed by atoms with Gasteiger partial charge in [-0.3, -0.25) is 9.59 Å². The lowest BCUT2D eigenvalue weighted by Gasteiger charge is -2.21. The van der Waals surface area contributed by atoms with Crippen molar-refractivity contribution in [3.8, 4) is 0 Å². The molecule has 0 fully saturated rings. The van der Waals surface area contributed by atoms with Crippen molar-refractivity contribution in [3.63, 3.8) is 0 Å². The maximum atomic E-state index is 12.5. The van der Waals surface area contributed by atoms with Gasteiger partial charge in [-0.1, -0.05) is 18.2 Å². The second-order valence-electron chi connectivity index (χ2n) is 5.92. The van der Waals surface area contributed by atoms with Crippen LogP contribution in [-0.4, -0.2) is 24.9 Å². The van der Waals surface area contributed by atoms with E-state index in [2.05, 4.69) is 10.6 Å². The normalized spacial score (nSPS) is 10.2. The first kappa shape index (κ1) is 18.5. The Morgan fingerprint density at radius 1 is 1.04 bits per heavy atom. The molecule has 132 valence electrons. The zero-order valence-electron chi connectivity index (χ0n) is 15.0. The third-order valence-electron chi connectivity index (χ3n) is 3.78. The van der Waals surface area contributed by atoms with E-state index in [1.165, 1.54) is 6.92 Å². The number of rotatable bonds is 7. The highest BCUT2D eigenvalue weighted by molar-refractivity contribution is 5.93. The molecular weight excluding hydrogens is 314 g/mol. The van der Waals surface area contributed by atoms with Gasteiger partial charge in [-0.05, 0) is 49.7 Å². The fourth-order valence-electron chi connectivity index (χ4n) is 2.66. The summed E-state index contributed by atoms with van der Waals surface area (Å²) < 4.78 is 0. The third-order valence-corrected chi connectivity index (χ3v) is 3.78. The number of carbonyl (C=O) groups is 2. The standard InChI is InChI=1S/C20H25N3O2/c1-4-23(19-10-5-7-15(2)13-19)20(25)11-12-21-17-8-6-9-18(14-17)22-16(3)24/h5-10,13-14,21H,4,11-12H2,1-3H3,(H,22,24). The molecule has 25 heavy (non-hydrogen) atoms. The first-order valence-corrected chi connectivity index (χ1v) is 8.48. The second kappa shape index (κ2) is 8.87. The lowest BCUT2D eigenvalue weighted by atomic mass is 10.2. The number of nitrogens with zero attached hydrogens (tertiary/aromatic N) is 1. The monoisotopic (exact) mass is 339 g/mol. The highest BCUT2D eigenvalue weighted by atomic mass is 16.2. The second-order valence-corrected chi connectivity index (χ2v) is 5.92. The Hall–Kier alpha value is -2.82. The average molecular weight is 339 g/mol. The lowest BCUT2D eigenvalue weighted by molar-refractivity contribution is -0.118. The van der Waals surface area contributed by atoms with Gasteiger partial charge in [0, 0.05) is 43.5 Å². The molecule has 0 spiro atoms. The van der Waals surface area contributed by atoms with Crippen LogP contribution >= 0.6 is 0 Å². The van der Waals surface area contributed by atoms with E-state index in [4.69, 9.17) is 0 Å². The zero-order chi connectivity index (χ0) is 18.2. The molecule has 0 bridgehead atoms. The minimum atomic E-state index is -0.107. The fourth-order valence-corrected chi connectivity index (χ4v) is 2.66. The summed E-state index contributed by atoms with van der Waals surface area (Å²) in [6.07, 6.45) is 0.395. The van der Waals surface area contributed by atoms with E-state index in [0.29, 0.717) is 19.5 Å². The van der Waals surface area contributed by atoms with Crippen molar-refractivity contribution in [2.45, 2.75) is 27.2 Å². The SMILES string of the molecule is CCN(C(=O)CCNc1cccc(NC(C)=O)c1)c1cccc(C)c1. The van der Waals surface area contributed by atoms with Gasteiger partial charge in [0.15, 0.2) is 0 Å². The molecule has 2 amide bonds. The van der Waals surface area contributed by atoms with Crippen LogP contribution < -0.4 is 15.5 Å². The summed E-state index contributed by atoms with van der Waals surface area (Å²) in [6.45, 7) is 6.64. The van der Waals surface area contributed by atoms with E-state index in [9.17, 15) is 9.59 Å². The molecule has 0 unspecified atom stereocenters. The van der Waals surface area contributed by atoms with Crippen molar-refractivity contribution in [2.24, 2.45) is 0 Å². The third kappa shape index (κ3) is 5.64. The van der Waals surface area contributed by atoms with E-state index >= 15 is 0 Å². The average Bonchev–Trinajstić information content (AvgIpc) is 2.55. The van der Waals surface area contributed by atoms with Crippen LogP contribution in [0, 0.1) is 6.92 Å². The van der Waals surface area contributed by atoms with Gasteiger partial charge in [0.2, 0.25) is 11.8 Å². The highest BCUT2D eigenvalue weighted by Crippen LogP contribution is 2.18. The van der Waals surface area contributed by atoms with Crippen LogP contribution in [0.25, 0.3) is 0 Å². The van der Waals surface area contributed by atoms with Crippen molar-refractivity contribution >= 4 is 28.9 Å². The number of nitrogens with one attached hydrogen (secondary N) is 2. The first-order valence-electron chi connectivity index (χ1n) is 8.48. The van der Waals surface area contributed by atoms with Crippen LogP contribution in [0.4, 0.5) is 17.1 Å². The first-order chi connectivity index (χ1) is 12.0. The predicted molar refractivity (Wildman–Crippen MR) is 103 cm³/mol. The van der Waals surface area contributed by atoms with Crippen molar-refractivity contribution < 1.29 is 9.59 Å². The van der Waals surface area contributed by atoms with Gasteiger partial charge in [-0.25, -0.2) is 0 Å². The molecule has 0 heterocycles. The summed E-state index contributed by atoms with van der Waals surface area (Å²) in [5, 5.41) is 5.98. The molecule has 5 nitrogen and oxygen atoms in total. The molecule has 0 aromatic heterocycles. The molecule has 2 aromatic carbocycles. The number of hydrogen-bond donors (Lipinski definition) is 2. The molecule has 0 saturated heterocycles. The minimum absolute atomic E-state index is 0.0821. The number of benzene rings is 2. The molecule has 2 N–H and O–H groups in total. The van der Waals surface area contributed by atoms with Gasteiger partial charge in [-0.2, -0.15) is 0 Å². The van der Waals surface area contributed by atoms with Gasteiger partial charge in [0.05, 0.1) is 0 Å². The number of amides is 2.